The lowest BCUT2D eigenvalue weighted by Gasteiger charge is -2.30. The van der Waals surface area contributed by atoms with Gasteiger partial charge < -0.3 is 10.1 Å². The molecular weight excluding hydrogens is 454 g/mol. The summed E-state index contributed by atoms with van der Waals surface area (Å²) in [5, 5.41) is 2.80. The van der Waals surface area contributed by atoms with Crippen LogP contribution in [0.15, 0.2) is 42.5 Å². The minimum absolute atomic E-state index is 0.128. The first-order valence-electron chi connectivity index (χ1n) is 13.1. The Morgan fingerprint density at radius 3 is 2.00 bits per heavy atom. The molecule has 0 aromatic heterocycles. The molecule has 0 saturated carbocycles. The number of hydrogen-bond acceptors (Lipinski definition) is 5. The lowest BCUT2D eigenvalue weighted by Crippen LogP contribution is -2.54. The average molecular weight is 492 g/mol. The van der Waals surface area contributed by atoms with Crippen LogP contribution in [0.3, 0.4) is 0 Å². The lowest BCUT2D eigenvalue weighted by atomic mass is 9.82. The van der Waals surface area contributed by atoms with Crippen molar-refractivity contribution in [2.24, 2.45) is 0 Å². The van der Waals surface area contributed by atoms with E-state index in [9.17, 15) is 19.2 Å². The molecular formula is C30H37NO5. The zero-order valence-corrected chi connectivity index (χ0v) is 21.8. The molecule has 0 bridgehead atoms. The van der Waals surface area contributed by atoms with Crippen LogP contribution in [0.2, 0.25) is 0 Å². The highest BCUT2D eigenvalue weighted by molar-refractivity contribution is 6.34. The number of carbonyl (C=O) groups is 4. The summed E-state index contributed by atoms with van der Waals surface area (Å²) in [6.07, 6.45) is 5.45. The molecule has 0 fully saturated rings. The number of Topliss-reactive ketones (excluding diaryl/α,β-unsaturated/α-hetero) is 2. The molecule has 0 heterocycles. The van der Waals surface area contributed by atoms with Gasteiger partial charge in [0.25, 0.3) is 0 Å². The van der Waals surface area contributed by atoms with Crippen LogP contribution in [-0.4, -0.2) is 23.4 Å². The number of rotatable bonds is 12. The molecule has 3 rings (SSSR count). The second-order valence-electron chi connectivity index (χ2n) is 9.80. The van der Waals surface area contributed by atoms with Crippen molar-refractivity contribution in [2.75, 3.05) is 0 Å². The highest BCUT2D eigenvalue weighted by Crippen LogP contribution is 2.43. The topological polar surface area (TPSA) is 89.5 Å². The summed E-state index contributed by atoms with van der Waals surface area (Å²) in [4.78, 5) is 53.6. The van der Waals surface area contributed by atoms with Crippen molar-refractivity contribution in [1.29, 1.82) is 0 Å². The van der Waals surface area contributed by atoms with Gasteiger partial charge in [-0.25, -0.2) is 0 Å². The molecule has 1 aliphatic carbocycles. The predicted molar refractivity (Wildman–Crippen MR) is 139 cm³/mol. The van der Waals surface area contributed by atoms with E-state index in [1.54, 1.807) is 36.4 Å². The summed E-state index contributed by atoms with van der Waals surface area (Å²) in [5.74, 6) is -1.55. The molecule has 0 spiro atoms. The molecule has 0 unspecified atom stereocenters. The fourth-order valence-corrected chi connectivity index (χ4v) is 4.60. The Labute approximate surface area is 213 Å². The third kappa shape index (κ3) is 5.58. The number of fused-ring (bicyclic) bond motifs is 1. The maximum atomic E-state index is 13.9. The second kappa shape index (κ2) is 12.1. The van der Waals surface area contributed by atoms with Gasteiger partial charge in [0.15, 0.2) is 5.54 Å². The Morgan fingerprint density at radius 1 is 0.861 bits per heavy atom. The highest BCUT2D eigenvalue weighted by atomic mass is 16.5. The predicted octanol–water partition coefficient (Wildman–Crippen LogP) is 6.27. The van der Waals surface area contributed by atoms with Gasteiger partial charge in [-0.1, -0.05) is 89.8 Å². The Kier molecular flexibility index (Phi) is 9.19. The first kappa shape index (κ1) is 27.3. The van der Waals surface area contributed by atoms with Gasteiger partial charge in [0.2, 0.25) is 17.5 Å². The van der Waals surface area contributed by atoms with Crippen molar-refractivity contribution in [3.05, 3.63) is 64.7 Å². The van der Waals surface area contributed by atoms with Crippen molar-refractivity contribution in [2.45, 2.75) is 90.5 Å². The van der Waals surface area contributed by atoms with Gasteiger partial charge in [-0.05, 0) is 30.4 Å². The fourth-order valence-electron chi connectivity index (χ4n) is 4.60. The first-order valence-corrected chi connectivity index (χ1v) is 13.1. The van der Waals surface area contributed by atoms with Gasteiger partial charge in [-0.2, -0.15) is 0 Å². The highest BCUT2D eigenvalue weighted by Gasteiger charge is 2.56. The summed E-state index contributed by atoms with van der Waals surface area (Å²) < 4.78 is 5.80. The monoisotopic (exact) mass is 491 g/mol. The molecule has 1 aliphatic rings. The van der Waals surface area contributed by atoms with Crippen molar-refractivity contribution < 1.29 is 23.9 Å². The minimum Gasteiger partial charge on any atom is -0.426 e. The SMILES string of the molecule is CCCCCC(=O)NC1(c2ccc(C(C)C)cc2OC(=O)CCCCC)C(=O)c2ccccc2C1=O. The quantitative estimate of drug-likeness (QED) is 0.164. The Bertz CT molecular complexity index is 1100. The van der Waals surface area contributed by atoms with Gasteiger partial charge in [0.05, 0.1) is 0 Å². The Morgan fingerprint density at radius 2 is 1.44 bits per heavy atom. The Balaban J connectivity index is 2.12. The van der Waals surface area contributed by atoms with E-state index in [2.05, 4.69) is 12.2 Å². The normalized spacial score (nSPS) is 14.1. The fraction of sp³-hybridized carbons (Fsp3) is 0.467. The van der Waals surface area contributed by atoms with Gasteiger partial charge >= 0.3 is 5.97 Å². The summed E-state index contributed by atoms with van der Waals surface area (Å²) in [5.41, 5.74) is -0.364. The van der Waals surface area contributed by atoms with Gasteiger partial charge in [-0.3, -0.25) is 19.2 Å². The molecule has 2 aromatic rings. The van der Waals surface area contributed by atoms with E-state index in [-0.39, 0.29) is 47.1 Å². The standard InChI is InChI=1S/C30H37NO5/c1-5-7-9-15-26(32)31-30(28(34)22-13-11-12-14-23(22)29(30)35)24-18-17-21(20(3)4)19-25(24)36-27(33)16-10-8-6-2/h11-14,17-20H,5-10,15-16H2,1-4H3,(H,31,32). The third-order valence-electron chi connectivity index (χ3n) is 6.72. The van der Waals surface area contributed by atoms with Crippen LogP contribution in [0.1, 0.15) is 117 Å². The van der Waals surface area contributed by atoms with Crippen molar-refractivity contribution in [1.82, 2.24) is 5.32 Å². The number of ether oxygens (including phenoxy) is 1. The number of nitrogens with one attached hydrogen (secondary N) is 1. The van der Waals surface area contributed by atoms with E-state index in [4.69, 9.17) is 4.74 Å². The number of amides is 1. The molecule has 0 atom stereocenters. The number of hydrogen-bond donors (Lipinski definition) is 1. The molecule has 6 heteroatoms. The molecule has 192 valence electrons. The molecule has 0 saturated heterocycles. The third-order valence-corrected chi connectivity index (χ3v) is 6.72. The summed E-state index contributed by atoms with van der Waals surface area (Å²) in [6.45, 7) is 8.11. The van der Waals surface area contributed by atoms with Crippen LogP contribution in [0, 0.1) is 0 Å². The van der Waals surface area contributed by atoms with Crippen LogP contribution < -0.4 is 10.1 Å². The van der Waals surface area contributed by atoms with Crippen LogP contribution in [0.5, 0.6) is 5.75 Å². The van der Waals surface area contributed by atoms with Gasteiger partial charge in [0.1, 0.15) is 5.75 Å². The summed E-state index contributed by atoms with van der Waals surface area (Å²) in [6, 6.07) is 11.8. The maximum absolute atomic E-state index is 13.9. The number of benzene rings is 2. The zero-order valence-electron chi connectivity index (χ0n) is 21.8. The van der Waals surface area contributed by atoms with Gasteiger partial charge in [0, 0.05) is 29.5 Å². The maximum Gasteiger partial charge on any atom is 0.311 e. The van der Waals surface area contributed by atoms with Crippen molar-refractivity contribution >= 4 is 23.4 Å². The van der Waals surface area contributed by atoms with E-state index in [1.165, 1.54) is 0 Å². The number of esters is 1. The van der Waals surface area contributed by atoms with E-state index >= 15 is 0 Å². The second-order valence-corrected chi connectivity index (χ2v) is 9.80. The van der Waals surface area contributed by atoms with Crippen molar-refractivity contribution in [3.63, 3.8) is 0 Å². The van der Waals surface area contributed by atoms with Crippen LogP contribution in [0.25, 0.3) is 0 Å². The lowest BCUT2D eigenvalue weighted by molar-refractivity contribution is -0.134. The largest absolute Gasteiger partial charge is 0.426 e. The van der Waals surface area contributed by atoms with E-state index in [0.29, 0.717) is 12.8 Å². The van der Waals surface area contributed by atoms with Crippen LogP contribution in [-0.2, 0) is 15.1 Å². The molecule has 1 N–H and O–H groups in total. The van der Waals surface area contributed by atoms with Crippen LogP contribution >= 0.6 is 0 Å². The summed E-state index contributed by atoms with van der Waals surface area (Å²) in [7, 11) is 0. The van der Waals surface area contributed by atoms with Crippen LogP contribution in [0.4, 0.5) is 0 Å². The van der Waals surface area contributed by atoms with E-state index in [1.807, 2.05) is 26.8 Å². The minimum atomic E-state index is -1.97. The summed E-state index contributed by atoms with van der Waals surface area (Å²) >= 11 is 0. The molecule has 0 radical (unpaired) electrons. The molecule has 1 amide bonds. The molecule has 6 nitrogen and oxygen atoms in total. The number of unbranched alkanes of at least 4 members (excludes halogenated alkanes) is 4. The zero-order chi connectivity index (χ0) is 26.3. The number of ketones is 2. The van der Waals surface area contributed by atoms with E-state index in [0.717, 1.165) is 31.2 Å². The van der Waals surface area contributed by atoms with Gasteiger partial charge in [-0.15, -0.1) is 0 Å². The average Bonchev–Trinajstić information content (AvgIpc) is 3.07. The Hall–Kier alpha value is -3.28. The molecule has 0 aliphatic heterocycles. The van der Waals surface area contributed by atoms with Crippen molar-refractivity contribution in [3.8, 4) is 5.75 Å². The first-order chi connectivity index (χ1) is 17.3. The number of carbonyl (C=O) groups excluding carboxylic acids is 4. The molecule has 2 aromatic carbocycles. The smallest absolute Gasteiger partial charge is 0.311 e. The van der Waals surface area contributed by atoms with E-state index < -0.39 is 23.1 Å². The molecule has 36 heavy (non-hydrogen) atoms.